The second kappa shape index (κ2) is 6.21. The lowest BCUT2D eigenvalue weighted by molar-refractivity contribution is 0.631. The zero-order chi connectivity index (χ0) is 15.4. The molecule has 0 aliphatic carbocycles. The monoisotopic (exact) mass is 286 g/mol. The van der Waals surface area contributed by atoms with E-state index in [1.165, 1.54) is 15.2 Å². The molecular weight excluding hydrogens is 268 g/mol. The quantitative estimate of drug-likeness (QED) is 0.617. The molecule has 0 N–H and O–H groups in total. The fraction of sp³-hybridized carbons (Fsp3) is 0.267. The molecule has 6 heteroatoms. The fourth-order valence-corrected chi connectivity index (χ4v) is 1.87. The van der Waals surface area contributed by atoms with Crippen molar-refractivity contribution in [2.24, 2.45) is 12.0 Å². The van der Waals surface area contributed by atoms with Gasteiger partial charge in [0.05, 0.1) is 12.9 Å². The van der Waals surface area contributed by atoms with E-state index in [2.05, 4.69) is 4.99 Å². The average Bonchev–Trinajstić information content (AvgIpc) is 2.47. The van der Waals surface area contributed by atoms with E-state index in [0.717, 1.165) is 5.56 Å². The second-order valence-corrected chi connectivity index (χ2v) is 4.96. The third-order valence-corrected chi connectivity index (χ3v) is 2.98. The molecule has 0 bridgehead atoms. The van der Waals surface area contributed by atoms with E-state index < -0.39 is 0 Å². The Kier molecular flexibility index (Phi) is 4.37. The number of aromatic nitrogens is 2. The first kappa shape index (κ1) is 14.8. The molecule has 0 unspecified atom stereocenters. The van der Waals surface area contributed by atoms with E-state index in [4.69, 9.17) is 0 Å². The molecule has 110 valence electrons. The molecule has 2 rings (SSSR count). The largest absolute Gasteiger partial charge is 0.369 e. The van der Waals surface area contributed by atoms with Crippen molar-refractivity contribution in [2.45, 2.75) is 6.54 Å². The first-order valence-electron chi connectivity index (χ1n) is 6.54. The van der Waals surface area contributed by atoms with E-state index in [0.29, 0.717) is 5.82 Å². The Morgan fingerprint density at radius 1 is 1.19 bits per heavy atom. The summed E-state index contributed by atoms with van der Waals surface area (Å²) in [6, 6.07) is 10.8. The highest BCUT2D eigenvalue weighted by Crippen LogP contribution is 2.04. The smallest absolute Gasteiger partial charge is 0.332 e. The van der Waals surface area contributed by atoms with Gasteiger partial charge in [0.15, 0.2) is 0 Å². The van der Waals surface area contributed by atoms with E-state index in [1.54, 1.807) is 18.3 Å². The molecule has 6 nitrogen and oxygen atoms in total. The van der Waals surface area contributed by atoms with E-state index in [-0.39, 0.29) is 17.8 Å². The van der Waals surface area contributed by atoms with Crippen LogP contribution in [0.5, 0.6) is 0 Å². The molecule has 0 saturated carbocycles. The summed E-state index contributed by atoms with van der Waals surface area (Å²) in [6.07, 6.45) is 1.55. The van der Waals surface area contributed by atoms with Crippen molar-refractivity contribution in [1.82, 2.24) is 14.0 Å². The summed E-state index contributed by atoms with van der Waals surface area (Å²) in [7, 11) is 5.24. The lowest BCUT2D eigenvalue weighted by atomic mass is 10.2. The van der Waals surface area contributed by atoms with Gasteiger partial charge in [0.2, 0.25) is 0 Å². The Morgan fingerprint density at radius 2 is 1.86 bits per heavy atom. The lowest BCUT2D eigenvalue weighted by Gasteiger charge is -2.10. The first-order chi connectivity index (χ1) is 9.99. The minimum Gasteiger partial charge on any atom is -0.369 e. The molecule has 1 heterocycles. The van der Waals surface area contributed by atoms with Crippen molar-refractivity contribution in [2.75, 3.05) is 14.1 Å². The van der Waals surface area contributed by atoms with Crippen LogP contribution in [0.15, 0.2) is 51.0 Å². The summed E-state index contributed by atoms with van der Waals surface area (Å²) in [5, 5.41) is 0. The molecule has 0 aliphatic heterocycles. The van der Waals surface area contributed by atoms with Gasteiger partial charge in [0, 0.05) is 27.2 Å². The van der Waals surface area contributed by atoms with Gasteiger partial charge < -0.3 is 4.90 Å². The van der Waals surface area contributed by atoms with Crippen LogP contribution in [0.4, 0.5) is 5.82 Å². The molecule has 0 spiro atoms. The van der Waals surface area contributed by atoms with Crippen LogP contribution < -0.4 is 11.2 Å². The predicted molar refractivity (Wildman–Crippen MR) is 83.3 cm³/mol. The maximum atomic E-state index is 12.3. The third-order valence-electron chi connectivity index (χ3n) is 2.98. The maximum Gasteiger partial charge on any atom is 0.332 e. The van der Waals surface area contributed by atoms with Crippen LogP contribution in [0.3, 0.4) is 0 Å². The minimum atomic E-state index is -0.378. The van der Waals surface area contributed by atoms with Gasteiger partial charge in [-0.25, -0.2) is 9.79 Å². The minimum absolute atomic E-state index is 0.254. The van der Waals surface area contributed by atoms with Crippen molar-refractivity contribution in [3.8, 4) is 0 Å². The number of rotatable bonds is 4. The Hall–Kier alpha value is -2.63. The molecule has 0 amide bonds. The predicted octanol–water partition coefficient (Wildman–Crippen LogP) is 0.817. The van der Waals surface area contributed by atoms with Crippen LogP contribution >= 0.6 is 0 Å². The van der Waals surface area contributed by atoms with Gasteiger partial charge in [0.25, 0.3) is 5.56 Å². The van der Waals surface area contributed by atoms with Crippen LogP contribution in [0.1, 0.15) is 5.56 Å². The maximum absolute atomic E-state index is 12.3. The summed E-state index contributed by atoms with van der Waals surface area (Å²) in [5.41, 5.74) is 0.173. The van der Waals surface area contributed by atoms with Crippen LogP contribution in [-0.4, -0.2) is 34.5 Å². The zero-order valence-corrected chi connectivity index (χ0v) is 12.4. The molecule has 0 aliphatic rings. The van der Waals surface area contributed by atoms with Gasteiger partial charge in [-0.05, 0) is 5.56 Å². The van der Waals surface area contributed by atoms with Crippen molar-refractivity contribution in [1.29, 1.82) is 0 Å². The van der Waals surface area contributed by atoms with Crippen LogP contribution in [0, 0.1) is 0 Å². The molecule has 0 fully saturated rings. The number of hydrogen-bond acceptors (Lipinski definition) is 3. The highest BCUT2D eigenvalue weighted by molar-refractivity contribution is 5.58. The van der Waals surface area contributed by atoms with Gasteiger partial charge in [-0.2, -0.15) is 0 Å². The third kappa shape index (κ3) is 3.47. The summed E-state index contributed by atoms with van der Waals surface area (Å²) < 4.78 is 2.56. The molecule has 1 aromatic carbocycles. The van der Waals surface area contributed by atoms with Crippen molar-refractivity contribution in [3.63, 3.8) is 0 Å². The standard InChI is InChI=1S/C15H18N4O2/c1-17(2)11-16-13-9-14(20)19(15(21)18(13)3)10-12-7-5-4-6-8-12/h4-9,11H,10H2,1-3H3/b16-11+. The molecular formula is C15H18N4O2. The van der Waals surface area contributed by atoms with Crippen LogP contribution in [-0.2, 0) is 13.6 Å². The Morgan fingerprint density at radius 3 is 2.48 bits per heavy atom. The molecule has 1 aromatic heterocycles. The topological polar surface area (TPSA) is 59.6 Å². The number of aliphatic imine (C=N–C) groups is 1. The van der Waals surface area contributed by atoms with Gasteiger partial charge >= 0.3 is 5.69 Å². The molecule has 0 radical (unpaired) electrons. The van der Waals surface area contributed by atoms with Crippen LogP contribution in [0.25, 0.3) is 0 Å². The number of hydrogen-bond donors (Lipinski definition) is 0. The SMILES string of the molecule is CN(C)/C=N/c1cc(=O)n(Cc2ccccc2)c(=O)n1C. The van der Waals surface area contributed by atoms with Crippen molar-refractivity contribution < 1.29 is 0 Å². The zero-order valence-electron chi connectivity index (χ0n) is 12.4. The summed E-state index contributed by atoms with van der Waals surface area (Å²) in [5.74, 6) is 0.336. The Bertz CT molecular complexity index is 757. The fourth-order valence-electron chi connectivity index (χ4n) is 1.87. The summed E-state index contributed by atoms with van der Waals surface area (Å²) in [6.45, 7) is 0.254. The normalized spacial score (nSPS) is 11.0. The first-order valence-corrected chi connectivity index (χ1v) is 6.54. The molecule has 0 saturated heterocycles. The average molecular weight is 286 g/mol. The summed E-state index contributed by atoms with van der Waals surface area (Å²) in [4.78, 5) is 30.3. The van der Waals surface area contributed by atoms with Crippen molar-refractivity contribution in [3.05, 3.63) is 62.8 Å². The molecule has 2 aromatic rings. The Balaban J connectivity index is 2.44. The van der Waals surface area contributed by atoms with Gasteiger partial charge in [-0.1, -0.05) is 30.3 Å². The van der Waals surface area contributed by atoms with Crippen molar-refractivity contribution >= 4 is 12.2 Å². The summed E-state index contributed by atoms with van der Waals surface area (Å²) >= 11 is 0. The van der Waals surface area contributed by atoms with Crippen LogP contribution in [0.2, 0.25) is 0 Å². The highest BCUT2D eigenvalue weighted by atomic mass is 16.2. The molecule has 21 heavy (non-hydrogen) atoms. The van der Waals surface area contributed by atoms with Gasteiger partial charge in [-0.3, -0.25) is 13.9 Å². The van der Waals surface area contributed by atoms with Gasteiger partial charge in [-0.15, -0.1) is 0 Å². The highest BCUT2D eigenvalue weighted by Gasteiger charge is 2.08. The van der Waals surface area contributed by atoms with E-state index in [1.807, 2.05) is 44.4 Å². The van der Waals surface area contributed by atoms with E-state index in [9.17, 15) is 9.59 Å². The Labute approximate surface area is 122 Å². The number of benzene rings is 1. The van der Waals surface area contributed by atoms with Gasteiger partial charge in [0.1, 0.15) is 5.82 Å². The lowest BCUT2D eigenvalue weighted by Crippen LogP contribution is -2.38. The second-order valence-electron chi connectivity index (χ2n) is 4.96. The van der Waals surface area contributed by atoms with E-state index >= 15 is 0 Å². The molecule has 0 atom stereocenters. The number of nitrogens with zero attached hydrogens (tertiary/aromatic N) is 4.